The van der Waals surface area contributed by atoms with Gasteiger partial charge in [-0.25, -0.2) is 4.98 Å². The Morgan fingerprint density at radius 2 is 1.63 bits per heavy atom. The summed E-state index contributed by atoms with van der Waals surface area (Å²) in [7, 11) is 0. The average Bonchev–Trinajstić information content (AvgIpc) is 3.63. The predicted molar refractivity (Wildman–Crippen MR) is 145 cm³/mol. The quantitative estimate of drug-likeness (QED) is 0.271. The summed E-state index contributed by atoms with van der Waals surface area (Å²) in [5.74, 6) is 0.594. The zero-order valence-corrected chi connectivity index (χ0v) is 21.5. The Hall–Kier alpha value is -3.79. The molecule has 0 bridgehead atoms. The van der Waals surface area contributed by atoms with E-state index in [9.17, 15) is 10.2 Å². The normalized spacial score (nSPS) is 21.4. The number of aliphatic hydroxyl groups excluding tert-OH is 2. The molecule has 4 unspecified atom stereocenters. The van der Waals surface area contributed by atoms with E-state index in [4.69, 9.17) is 11.6 Å². The minimum Gasteiger partial charge on any atom is -0.388 e. The first-order valence-electron chi connectivity index (χ1n) is 12.6. The standard InChI is InChI=1S/C28H28ClN7O2/c1-17-13-32-36(15-17)22-12-21(24(37)25(22)38)35-16-31-23-26(33-28(29)34-27(23)35)30-14-20(18-8-4-2-5-9-18)19-10-6-3-7-11-19/h2-11,13,15-16,20-22,24-25,37-38H,12,14H2,1H3,(H,30,33,34). The number of benzene rings is 2. The highest BCUT2D eigenvalue weighted by molar-refractivity contribution is 6.28. The lowest BCUT2D eigenvalue weighted by atomic mass is 9.91. The molecule has 0 saturated heterocycles. The van der Waals surface area contributed by atoms with Crippen LogP contribution in [0.4, 0.5) is 5.82 Å². The second-order valence-electron chi connectivity index (χ2n) is 9.77. The number of fused-ring (bicyclic) bond motifs is 1. The Morgan fingerprint density at radius 3 is 2.26 bits per heavy atom. The fourth-order valence-corrected chi connectivity index (χ4v) is 5.56. The van der Waals surface area contributed by atoms with Gasteiger partial charge in [-0.3, -0.25) is 4.68 Å². The van der Waals surface area contributed by atoms with Gasteiger partial charge in [-0.1, -0.05) is 60.7 Å². The maximum absolute atomic E-state index is 11.0. The number of aliphatic hydroxyl groups is 2. The van der Waals surface area contributed by atoms with E-state index in [-0.39, 0.29) is 17.2 Å². The van der Waals surface area contributed by atoms with Crippen molar-refractivity contribution in [3.05, 3.63) is 101 Å². The molecule has 0 amide bonds. The third-order valence-corrected chi connectivity index (χ3v) is 7.49. The molecule has 1 aliphatic rings. The van der Waals surface area contributed by atoms with Crippen LogP contribution in [0.25, 0.3) is 11.2 Å². The van der Waals surface area contributed by atoms with Crippen LogP contribution in [0.1, 0.15) is 41.1 Å². The molecule has 6 rings (SSSR count). The highest BCUT2D eigenvalue weighted by atomic mass is 35.5. The molecule has 2 aromatic carbocycles. The minimum atomic E-state index is -1.02. The van der Waals surface area contributed by atoms with Crippen molar-refractivity contribution in [1.82, 2.24) is 29.3 Å². The Balaban J connectivity index is 1.30. The number of anilines is 1. The smallest absolute Gasteiger partial charge is 0.226 e. The van der Waals surface area contributed by atoms with Crippen molar-refractivity contribution in [2.75, 3.05) is 11.9 Å². The van der Waals surface area contributed by atoms with Crippen LogP contribution >= 0.6 is 11.6 Å². The molecule has 0 aliphatic heterocycles. The molecule has 0 spiro atoms. The van der Waals surface area contributed by atoms with Crippen LogP contribution in [-0.2, 0) is 0 Å². The number of rotatable bonds is 7. The topological polar surface area (TPSA) is 114 Å². The van der Waals surface area contributed by atoms with Gasteiger partial charge < -0.3 is 20.1 Å². The zero-order chi connectivity index (χ0) is 26.2. The lowest BCUT2D eigenvalue weighted by molar-refractivity contribution is 0.00722. The molecule has 1 saturated carbocycles. The lowest BCUT2D eigenvalue weighted by Crippen LogP contribution is -2.30. The second-order valence-corrected chi connectivity index (χ2v) is 10.1. The lowest BCUT2D eigenvalue weighted by Gasteiger charge is -2.20. The maximum Gasteiger partial charge on any atom is 0.226 e. The Morgan fingerprint density at radius 1 is 0.974 bits per heavy atom. The van der Waals surface area contributed by atoms with Gasteiger partial charge in [-0.15, -0.1) is 0 Å². The predicted octanol–water partition coefficient (Wildman–Crippen LogP) is 4.14. The van der Waals surface area contributed by atoms with Crippen molar-refractivity contribution in [2.24, 2.45) is 0 Å². The molecule has 3 heterocycles. The van der Waals surface area contributed by atoms with Gasteiger partial charge in [-0.05, 0) is 41.6 Å². The van der Waals surface area contributed by atoms with Gasteiger partial charge in [0.1, 0.15) is 12.2 Å². The number of aryl methyl sites for hydroxylation is 1. The molecule has 1 aliphatic carbocycles. The summed E-state index contributed by atoms with van der Waals surface area (Å²) in [5, 5.41) is 29.6. The van der Waals surface area contributed by atoms with Crippen LogP contribution in [0.3, 0.4) is 0 Å². The molecule has 194 valence electrons. The van der Waals surface area contributed by atoms with Gasteiger partial charge in [0, 0.05) is 18.7 Å². The van der Waals surface area contributed by atoms with Crippen molar-refractivity contribution >= 4 is 28.6 Å². The van der Waals surface area contributed by atoms with E-state index in [2.05, 4.69) is 49.6 Å². The van der Waals surface area contributed by atoms with E-state index in [0.717, 1.165) is 5.56 Å². The van der Waals surface area contributed by atoms with Crippen molar-refractivity contribution < 1.29 is 10.2 Å². The summed E-state index contributed by atoms with van der Waals surface area (Å²) in [6.07, 6.45) is 3.69. The summed E-state index contributed by atoms with van der Waals surface area (Å²) in [6, 6.07) is 19.8. The van der Waals surface area contributed by atoms with E-state index < -0.39 is 18.2 Å². The molecular formula is C28H28ClN7O2. The molecule has 1 fully saturated rings. The van der Waals surface area contributed by atoms with E-state index in [0.29, 0.717) is 29.9 Å². The molecule has 9 nitrogen and oxygen atoms in total. The Bertz CT molecular complexity index is 1500. The largest absolute Gasteiger partial charge is 0.388 e. The summed E-state index contributed by atoms with van der Waals surface area (Å²) in [5.41, 5.74) is 4.39. The summed E-state index contributed by atoms with van der Waals surface area (Å²) in [6.45, 7) is 2.50. The fourth-order valence-electron chi connectivity index (χ4n) is 5.39. The molecule has 3 aromatic heterocycles. The van der Waals surface area contributed by atoms with E-state index >= 15 is 0 Å². The zero-order valence-electron chi connectivity index (χ0n) is 20.8. The number of hydrogen-bond donors (Lipinski definition) is 3. The molecular weight excluding hydrogens is 502 g/mol. The van der Waals surface area contributed by atoms with Gasteiger partial charge in [0.15, 0.2) is 17.0 Å². The highest BCUT2D eigenvalue weighted by Crippen LogP contribution is 2.40. The number of halogens is 1. The van der Waals surface area contributed by atoms with Crippen molar-refractivity contribution in [2.45, 2.75) is 43.6 Å². The number of nitrogens with zero attached hydrogens (tertiary/aromatic N) is 6. The fraction of sp³-hybridized carbons (Fsp3) is 0.286. The van der Waals surface area contributed by atoms with E-state index in [1.54, 1.807) is 21.8 Å². The average molecular weight is 530 g/mol. The van der Waals surface area contributed by atoms with Crippen LogP contribution < -0.4 is 5.32 Å². The first-order chi connectivity index (χ1) is 18.5. The molecule has 5 aromatic rings. The second kappa shape index (κ2) is 10.2. The Labute approximate surface area is 224 Å². The molecule has 3 N–H and O–H groups in total. The van der Waals surface area contributed by atoms with Crippen LogP contribution in [0.2, 0.25) is 5.28 Å². The summed E-state index contributed by atoms with van der Waals surface area (Å²) < 4.78 is 3.49. The third-order valence-electron chi connectivity index (χ3n) is 7.32. The first-order valence-corrected chi connectivity index (χ1v) is 13.0. The third kappa shape index (κ3) is 4.53. The van der Waals surface area contributed by atoms with E-state index in [1.807, 2.05) is 49.5 Å². The van der Waals surface area contributed by atoms with Crippen LogP contribution in [0, 0.1) is 6.92 Å². The van der Waals surface area contributed by atoms with Crippen LogP contribution in [0.5, 0.6) is 0 Å². The van der Waals surface area contributed by atoms with Crippen molar-refractivity contribution in [3.8, 4) is 0 Å². The molecule has 0 radical (unpaired) electrons. The molecule has 38 heavy (non-hydrogen) atoms. The SMILES string of the molecule is Cc1cnn(C2CC(n3cnc4c(NCC(c5ccccc5)c5ccccc5)nc(Cl)nc43)C(O)C2O)c1. The Kier molecular flexibility index (Phi) is 6.57. The van der Waals surface area contributed by atoms with Crippen molar-refractivity contribution in [3.63, 3.8) is 0 Å². The van der Waals surface area contributed by atoms with Gasteiger partial charge >= 0.3 is 0 Å². The summed E-state index contributed by atoms with van der Waals surface area (Å²) in [4.78, 5) is 13.5. The number of aromatic nitrogens is 6. The van der Waals surface area contributed by atoms with Crippen LogP contribution in [0.15, 0.2) is 79.4 Å². The number of hydrogen-bond acceptors (Lipinski definition) is 7. The number of nitrogens with one attached hydrogen (secondary N) is 1. The number of imidazole rings is 1. The minimum absolute atomic E-state index is 0.0741. The summed E-state index contributed by atoms with van der Waals surface area (Å²) >= 11 is 6.37. The monoisotopic (exact) mass is 529 g/mol. The first kappa shape index (κ1) is 24.5. The van der Waals surface area contributed by atoms with Gasteiger partial charge in [0.05, 0.1) is 24.6 Å². The van der Waals surface area contributed by atoms with E-state index in [1.165, 1.54) is 11.1 Å². The van der Waals surface area contributed by atoms with Crippen molar-refractivity contribution in [1.29, 1.82) is 0 Å². The van der Waals surface area contributed by atoms with Gasteiger partial charge in [0.25, 0.3) is 0 Å². The van der Waals surface area contributed by atoms with Gasteiger partial charge in [0.2, 0.25) is 5.28 Å². The molecule has 10 heteroatoms. The van der Waals surface area contributed by atoms with Crippen LogP contribution in [-0.4, -0.2) is 58.3 Å². The maximum atomic E-state index is 11.0. The van der Waals surface area contributed by atoms with Gasteiger partial charge in [-0.2, -0.15) is 15.1 Å². The molecule has 4 atom stereocenters. The highest BCUT2D eigenvalue weighted by Gasteiger charge is 2.44.